The Hall–Kier alpha value is -6.12. The highest BCUT2D eigenvalue weighted by Gasteiger charge is 2.21. The molecule has 0 fully saturated rings. The molecule has 0 saturated heterocycles. The first-order valence-corrected chi connectivity index (χ1v) is 15.7. The average Bonchev–Trinajstić information content (AvgIpc) is 3.49. The predicted octanol–water partition coefficient (Wildman–Crippen LogP) is 12.7. The van der Waals surface area contributed by atoms with E-state index in [4.69, 9.17) is 4.42 Å². The topological polar surface area (TPSA) is 16.4 Å². The van der Waals surface area contributed by atoms with E-state index in [1.54, 1.807) is 0 Å². The second kappa shape index (κ2) is 10.8. The maximum Gasteiger partial charge on any atom is 0.143 e. The van der Waals surface area contributed by atoms with Crippen molar-refractivity contribution >= 4 is 60.5 Å². The van der Waals surface area contributed by atoms with Crippen molar-refractivity contribution in [3.8, 4) is 22.3 Å². The number of hydrogen-bond acceptors (Lipinski definition) is 2. The minimum absolute atomic E-state index is 0.901. The highest BCUT2D eigenvalue weighted by Crippen LogP contribution is 2.46. The van der Waals surface area contributed by atoms with Gasteiger partial charge in [-0.05, 0) is 63.7 Å². The van der Waals surface area contributed by atoms with Crippen LogP contribution in [0.1, 0.15) is 0 Å². The van der Waals surface area contributed by atoms with Crippen LogP contribution in [0.3, 0.4) is 0 Å². The number of furan rings is 1. The van der Waals surface area contributed by atoms with E-state index in [1.807, 2.05) is 0 Å². The van der Waals surface area contributed by atoms with E-state index in [0.717, 1.165) is 50.1 Å². The van der Waals surface area contributed by atoms with Gasteiger partial charge in [0.2, 0.25) is 0 Å². The Morgan fingerprint density at radius 2 is 0.957 bits per heavy atom. The number of rotatable bonds is 5. The highest BCUT2D eigenvalue weighted by atomic mass is 16.3. The van der Waals surface area contributed by atoms with Crippen molar-refractivity contribution < 1.29 is 4.42 Å². The lowest BCUT2D eigenvalue weighted by atomic mass is 9.98. The van der Waals surface area contributed by atoms with E-state index in [0.29, 0.717) is 0 Å². The number of nitrogens with zero attached hydrogens (tertiary/aromatic N) is 1. The molecule has 1 aromatic heterocycles. The van der Waals surface area contributed by atoms with Gasteiger partial charge in [0.05, 0.1) is 11.4 Å². The molecule has 0 bridgehead atoms. The van der Waals surface area contributed by atoms with Crippen LogP contribution in [0.15, 0.2) is 180 Å². The summed E-state index contributed by atoms with van der Waals surface area (Å²) < 4.78 is 6.71. The lowest BCUT2D eigenvalue weighted by molar-refractivity contribution is 0.670. The zero-order chi connectivity index (χ0) is 30.5. The highest BCUT2D eigenvalue weighted by molar-refractivity contribution is 6.14. The van der Waals surface area contributed by atoms with Crippen molar-refractivity contribution in [2.75, 3.05) is 4.90 Å². The van der Waals surface area contributed by atoms with Gasteiger partial charge in [-0.25, -0.2) is 0 Å². The van der Waals surface area contributed by atoms with Gasteiger partial charge in [-0.3, -0.25) is 0 Å². The molecule has 0 aliphatic carbocycles. The van der Waals surface area contributed by atoms with Gasteiger partial charge >= 0.3 is 0 Å². The predicted molar refractivity (Wildman–Crippen MR) is 194 cm³/mol. The van der Waals surface area contributed by atoms with Crippen molar-refractivity contribution in [3.63, 3.8) is 0 Å². The van der Waals surface area contributed by atoms with E-state index in [9.17, 15) is 0 Å². The summed E-state index contributed by atoms with van der Waals surface area (Å²) in [5.74, 6) is 0. The molecular weight excluding hydrogens is 558 g/mol. The first-order chi connectivity index (χ1) is 22.8. The molecule has 1 heterocycles. The Bertz CT molecular complexity index is 2520. The first-order valence-electron chi connectivity index (χ1n) is 15.7. The molecule has 0 amide bonds. The maximum atomic E-state index is 6.71. The normalized spacial score (nSPS) is 11.5. The molecule has 46 heavy (non-hydrogen) atoms. The van der Waals surface area contributed by atoms with Crippen molar-refractivity contribution in [3.05, 3.63) is 176 Å². The van der Waals surface area contributed by atoms with E-state index in [-0.39, 0.29) is 0 Å². The third-order valence-electron chi connectivity index (χ3n) is 9.04. The van der Waals surface area contributed by atoms with Crippen molar-refractivity contribution in [1.82, 2.24) is 0 Å². The molecule has 0 spiro atoms. The number of para-hydroxylation sites is 2. The summed E-state index contributed by atoms with van der Waals surface area (Å²) in [5.41, 5.74) is 9.68. The fourth-order valence-corrected chi connectivity index (χ4v) is 6.84. The number of hydrogen-bond donors (Lipinski definition) is 0. The van der Waals surface area contributed by atoms with Gasteiger partial charge in [0.15, 0.2) is 0 Å². The van der Waals surface area contributed by atoms with E-state index in [2.05, 4.69) is 181 Å². The zero-order valence-electron chi connectivity index (χ0n) is 25.1. The van der Waals surface area contributed by atoms with Crippen LogP contribution in [0.5, 0.6) is 0 Å². The summed E-state index contributed by atoms with van der Waals surface area (Å²) in [7, 11) is 0. The smallest absolute Gasteiger partial charge is 0.143 e. The number of fused-ring (bicyclic) bond motifs is 5. The fraction of sp³-hybridized carbons (Fsp3) is 0. The molecule has 9 rings (SSSR count). The van der Waals surface area contributed by atoms with Gasteiger partial charge in [-0.15, -0.1) is 0 Å². The Labute approximate surface area is 267 Å². The molecular formula is C44H29NO. The van der Waals surface area contributed by atoms with Crippen LogP contribution in [0.4, 0.5) is 17.1 Å². The summed E-state index contributed by atoms with van der Waals surface area (Å²) in [5, 5.41) is 7.05. The van der Waals surface area contributed by atoms with Crippen LogP contribution < -0.4 is 4.90 Å². The molecule has 216 valence electrons. The average molecular weight is 588 g/mol. The van der Waals surface area contributed by atoms with Gasteiger partial charge in [0, 0.05) is 33.0 Å². The second-order valence-electron chi connectivity index (χ2n) is 11.7. The van der Waals surface area contributed by atoms with E-state index < -0.39 is 0 Å². The minimum Gasteiger partial charge on any atom is -0.455 e. The van der Waals surface area contributed by atoms with Crippen molar-refractivity contribution in [2.24, 2.45) is 0 Å². The summed E-state index contributed by atoms with van der Waals surface area (Å²) in [6.07, 6.45) is 0. The molecule has 2 nitrogen and oxygen atoms in total. The Morgan fingerprint density at radius 1 is 0.370 bits per heavy atom. The molecule has 0 aliphatic heterocycles. The SMILES string of the molecule is c1ccc(-c2ccc(N(c3ccccc3-c3cccc4c3oc3cc5ccccc5cc34)c3cccc4ccccc34)cc2)cc1. The van der Waals surface area contributed by atoms with Crippen LogP contribution in [0.25, 0.3) is 65.7 Å². The molecule has 0 atom stereocenters. The molecule has 0 N–H and O–H groups in total. The number of benzene rings is 8. The molecule has 0 saturated carbocycles. The van der Waals surface area contributed by atoms with Crippen LogP contribution in [-0.2, 0) is 0 Å². The summed E-state index contributed by atoms with van der Waals surface area (Å²) in [6, 6.07) is 62.7. The zero-order valence-corrected chi connectivity index (χ0v) is 25.1. The maximum absolute atomic E-state index is 6.71. The first kappa shape index (κ1) is 26.3. The summed E-state index contributed by atoms with van der Waals surface area (Å²) in [4.78, 5) is 2.39. The molecule has 2 heteroatoms. The molecule has 8 aromatic carbocycles. The molecule has 9 aromatic rings. The van der Waals surface area contributed by atoms with Gasteiger partial charge in [-0.2, -0.15) is 0 Å². The van der Waals surface area contributed by atoms with Gasteiger partial charge in [0.25, 0.3) is 0 Å². The van der Waals surface area contributed by atoms with Crippen molar-refractivity contribution in [1.29, 1.82) is 0 Å². The molecule has 0 aliphatic rings. The summed E-state index contributed by atoms with van der Waals surface area (Å²) >= 11 is 0. The van der Waals surface area contributed by atoms with Crippen LogP contribution in [0, 0.1) is 0 Å². The Kier molecular flexibility index (Phi) is 6.17. The van der Waals surface area contributed by atoms with E-state index in [1.165, 1.54) is 32.7 Å². The Morgan fingerprint density at radius 3 is 1.80 bits per heavy atom. The molecule has 0 unspecified atom stereocenters. The number of anilines is 3. The molecule has 0 radical (unpaired) electrons. The quantitative estimate of drug-likeness (QED) is 0.199. The largest absolute Gasteiger partial charge is 0.455 e. The van der Waals surface area contributed by atoms with Crippen LogP contribution in [-0.4, -0.2) is 0 Å². The third-order valence-corrected chi connectivity index (χ3v) is 9.04. The lowest BCUT2D eigenvalue weighted by Gasteiger charge is -2.29. The van der Waals surface area contributed by atoms with Crippen LogP contribution in [0.2, 0.25) is 0 Å². The van der Waals surface area contributed by atoms with Gasteiger partial charge in [0.1, 0.15) is 11.2 Å². The standard InChI is InChI=1S/C44H29NO/c1-2-12-30(13-3-1)31-24-26-35(27-25-31)45(41-23-10-17-32-14-6-7-18-36(32)41)42-22-9-8-19-37(42)38-20-11-21-39-40-28-33-15-4-5-16-34(33)29-43(40)46-44(38)39/h1-29H. The van der Waals surface area contributed by atoms with Crippen LogP contribution >= 0.6 is 0 Å². The monoisotopic (exact) mass is 587 g/mol. The third kappa shape index (κ3) is 4.35. The lowest BCUT2D eigenvalue weighted by Crippen LogP contribution is -2.11. The fourth-order valence-electron chi connectivity index (χ4n) is 6.84. The van der Waals surface area contributed by atoms with Gasteiger partial charge < -0.3 is 9.32 Å². The van der Waals surface area contributed by atoms with E-state index >= 15 is 0 Å². The van der Waals surface area contributed by atoms with Crippen molar-refractivity contribution in [2.45, 2.75) is 0 Å². The summed E-state index contributed by atoms with van der Waals surface area (Å²) in [6.45, 7) is 0. The second-order valence-corrected chi connectivity index (χ2v) is 11.7. The Balaban J connectivity index is 1.28. The van der Waals surface area contributed by atoms with Gasteiger partial charge in [-0.1, -0.05) is 140 Å². The minimum atomic E-state index is 0.901.